The summed E-state index contributed by atoms with van der Waals surface area (Å²) in [5.74, 6) is 0.926. The molecule has 1 aliphatic carbocycles. The molecule has 5 aromatic carbocycles. The molecular formula is C40H28N4S. The molecule has 0 atom stereocenters. The van der Waals surface area contributed by atoms with Crippen LogP contribution in [0, 0.1) is 0 Å². The Bertz CT molecular complexity index is 2540. The summed E-state index contributed by atoms with van der Waals surface area (Å²) >= 11 is 1.84. The molecule has 0 fully saturated rings. The van der Waals surface area contributed by atoms with Crippen molar-refractivity contribution in [1.29, 1.82) is 0 Å². The first-order valence-corrected chi connectivity index (χ1v) is 16.4. The van der Waals surface area contributed by atoms with Crippen LogP contribution in [-0.4, -0.2) is 15.1 Å². The molecule has 2 aliphatic rings. The summed E-state index contributed by atoms with van der Waals surface area (Å²) in [5.41, 5.74) is 11.3. The first-order valence-electron chi connectivity index (χ1n) is 15.6. The molecule has 0 saturated heterocycles. The number of fused-ring (bicyclic) bond motifs is 9. The molecule has 1 aliphatic heterocycles. The van der Waals surface area contributed by atoms with Crippen LogP contribution in [0.1, 0.15) is 28.1 Å². The van der Waals surface area contributed by atoms with Crippen LogP contribution in [-0.2, 0) is 13.0 Å². The van der Waals surface area contributed by atoms with E-state index in [1.54, 1.807) is 0 Å². The van der Waals surface area contributed by atoms with E-state index in [0.717, 1.165) is 31.0 Å². The van der Waals surface area contributed by atoms with Crippen molar-refractivity contribution < 1.29 is 0 Å². The Morgan fingerprint density at radius 3 is 2.20 bits per heavy atom. The monoisotopic (exact) mass is 596 g/mol. The number of aromatic nitrogens is 2. The number of rotatable bonds is 2. The van der Waals surface area contributed by atoms with Gasteiger partial charge < -0.3 is 9.88 Å². The minimum absolute atomic E-state index is 0.798. The van der Waals surface area contributed by atoms with Crippen LogP contribution < -0.4 is 5.32 Å². The topological polar surface area (TPSA) is 34.2 Å². The van der Waals surface area contributed by atoms with Crippen LogP contribution in [0.3, 0.4) is 0 Å². The molecule has 3 aromatic heterocycles. The Morgan fingerprint density at radius 2 is 1.33 bits per heavy atom. The molecule has 0 unspecified atom stereocenters. The highest BCUT2D eigenvalue weighted by Crippen LogP contribution is 2.42. The van der Waals surface area contributed by atoms with E-state index in [1.165, 1.54) is 75.8 Å². The standard InChI is InChI=1S/C40H28N4S/c1-2-10-27(11-3-1)43-33-15-7-4-12-28(33)31-22-25(18-20-35(31)43)26-19-21-36-32(23-26)29-13-5-8-16-34(29)44(36)40-41-24-38-39(42-40)30-14-6-9-17-37(30)45-38/h1-18,20,22-23H,19,21,24H2,(H,41,42). The quantitative estimate of drug-likeness (QED) is 0.212. The molecule has 0 bridgehead atoms. The third-order valence-corrected chi connectivity index (χ3v) is 10.7. The summed E-state index contributed by atoms with van der Waals surface area (Å²) in [7, 11) is 0. The van der Waals surface area contributed by atoms with Crippen molar-refractivity contribution in [2.75, 3.05) is 0 Å². The summed E-state index contributed by atoms with van der Waals surface area (Å²) < 4.78 is 6.06. The predicted octanol–water partition coefficient (Wildman–Crippen LogP) is 10.1. The fourth-order valence-electron chi connectivity index (χ4n) is 7.48. The highest BCUT2D eigenvalue weighted by atomic mass is 32.1. The summed E-state index contributed by atoms with van der Waals surface area (Å²) in [6, 6.07) is 43.9. The van der Waals surface area contributed by atoms with Crippen LogP contribution in [0.4, 0.5) is 5.69 Å². The third kappa shape index (κ3) is 3.68. The van der Waals surface area contributed by atoms with E-state index in [1.807, 2.05) is 11.3 Å². The van der Waals surface area contributed by atoms with E-state index in [-0.39, 0.29) is 0 Å². The number of nitrogens with zero attached hydrogens (tertiary/aromatic N) is 3. The molecule has 5 heteroatoms. The van der Waals surface area contributed by atoms with E-state index >= 15 is 0 Å². The largest absolute Gasteiger partial charge is 0.350 e. The van der Waals surface area contributed by atoms with Crippen molar-refractivity contribution in [3.63, 3.8) is 0 Å². The molecule has 1 N–H and O–H groups in total. The number of hydrogen-bond donors (Lipinski definition) is 1. The summed E-state index contributed by atoms with van der Waals surface area (Å²) in [4.78, 5) is 6.56. The number of para-hydroxylation sites is 3. The van der Waals surface area contributed by atoms with Crippen molar-refractivity contribution in [1.82, 2.24) is 14.5 Å². The van der Waals surface area contributed by atoms with Gasteiger partial charge in [-0.1, -0.05) is 78.9 Å². The number of benzene rings is 5. The number of aliphatic imine (C=N–C) groups is 1. The first-order chi connectivity index (χ1) is 22.3. The van der Waals surface area contributed by atoms with Gasteiger partial charge in [-0.25, -0.2) is 4.99 Å². The smallest absolute Gasteiger partial charge is 0.208 e. The van der Waals surface area contributed by atoms with Gasteiger partial charge in [0.05, 0.1) is 33.7 Å². The molecule has 0 saturated carbocycles. The second kappa shape index (κ2) is 9.55. The lowest BCUT2D eigenvalue weighted by atomic mass is 9.90. The van der Waals surface area contributed by atoms with E-state index < -0.39 is 0 Å². The predicted molar refractivity (Wildman–Crippen MR) is 190 cm³/mol. The SMILES string of the molecule is C1=C(c2ccc3c(c2)c2ccccc2n3-c2ccccc2)CCc2c1c1ccccc1n2C1=Nc2c(sc3ccccc23)CN1. The van der Waals surface area contributed by atoms with Crippen LogP contribution in [0.5, 0.6) is 0 Å². The number of nitrogens with one attached hydrogen (secondary N) is 1. The van der Waals surface area contributed by atoms with Crippen molar-refractivity contribution in [3.05, 3.63) is 143 Å². The summed E-state index contributed by atoms with van der Waals surface area (Å²) in [6.07, 6.45) is 4.37. The van der Waals surface area contributed by atoms with Gasteiger partial charge in [-0.05, 0) is 72.5 Å². The zero-order valence-corrected chi connectivity index (χ0v) is 25.3. The van der Waals surface area contributed by atoms with Crippen molar-refractivity contribution in [2.24, 2.45) is 4.99 Å². The minimum atomic E-state index is 0.798. The molecule has 0 amide bonds. The average molecular weight is 597 g/mol. The van der Waals surface area contributed by atoms with Crippen molar-refractivity contribution in [3.8, 4) is 5.69 Å². The highest BCUT2D eigenvalue weighted by Gasteiger charge is 2.26. The molecule has 0 spiro atoms. The van der Waals surface area contributed by atoms with E-state index in [9.17, 15) is 0 Å². The number of hydrogen-bond acceptors (Lipinski definition) is 3. The fourth-order valence-corrected chi connectivity index (χ4v) is 8.56. The lowest BCUT2D eigenvalue weighted by Crippen LogP contribution is -2.33. The van der Waals surface area contributed by atoms with Gasteiger partial charge in [0.15, 0.2) is 0 Å². The van der Waals surface area contributed by atoms with E-state index in [2.05, 4.69) is 142 Å². The Balaban J connectivity index is 1.13. The van der Waals surface area contributed by atoms with E-state index in [4.69, 9.17) is 4.99 Å². The van der Waals surface area contributed by atoms with E-state index in [0.29, 0.717) is 0 Å². The first kappa shape index (κ1) is 25.0. The Labute approximate surface area is 264 Å². The maximum absolute atomic E-state index is 5.26. The van der Waals surface area contributed by atoms with Crippen LogP contribution in [0.15, 0.2) is 126 Å². The molecule has 45 heavy (non-hydrogen) atoms. The van der Waals surface area contributed by atoms with Gasteiger partial charge in [0.1, 0.15) is 0 Å². The zero-order chi connectivity index (χ0) is 29.5. The van der Waals surface area contributed by atoms with Gasteiger partial charge in [0.2, 0.25) is 5.96 Å². The zero-order valence-electron chi connectivity index (χ0n) is 24.5. The van der Waals surface area contributed by atoms with Crippen LogP contribution >= 0.6 is 11.3 Å². The molecule has 10 rings (SSSR count). The minimum Gasteiger partial charge on any atom is -0.350 e. The summed E-state index contributed by atoms with van der Waals surface area (Å²) in [5, 5.41) is 8.77. The maximum atomic E-state index is 5.26. The lowest BCUT2D eigenvalue weighted by molar-refractivity contribution is 0.835. The summed E-state index contributed by atoms with van der Waals surface area (Å²) in [6.45, 7) is 0.798. The normalized spacial score (nSPS) is 14.4. The van der Waals surface area contributed by atoms with Gasteiger partial charge in [-0.3, -0.25) is 4.57 Å². The molecule has 214 valence electrons. The van der Waals surface area contributed by atoms with Crippen molar-refractivity contribution >= 4 is 77.4 Å². The Kier molecular flexibility index (Phi) is 5.31. The molecule has 8 aromatic rings. The third-order valence-electron chi connectivity index (χ3n) is 9.50. The average Bonchev–Trinajstić information content (AvgIpc) is 3.75. The second-order valence-electron chi connectivity index (χ2n) is 12.0. The maximum Gasteiger partial charge on any atom is 0.208 e. The van der Waals surface area contributed by atoms with Crippen molar-refractivity contribution in [2.45, 2.75) is 19.4 Å². The van der Waals surface area contributed by atoms with Crippen LogP contribution in [0.2, 0.25) is 0 Å². The Morgan fingerprint density at radius 1 is 0.622 bits per heavy atom. The Hall–Kier alpha value is -5.39. The number of thiophene rings is 1. The lowest BCUT2D eigenvalue weighted by Gasteiger charge is -2.21. The fraction of sp³-hybridized carbons (Fsp3) is 0.0750. The molecule has 4 heterocycles. The van der Waals surface area contributed by atoms with Gasteiger partial charge in [0, 0.05) is 43.2 Å². The van der Waals surface area contributed by atoms with Gasteiger partial charge in [-0.2, -0.15) is 0 Å². The van der Waals surface area contributed by atoms with Gasteiger partial charge in [-0.15, -0.1) is 11.3 Å². The van der Waals surface area contributed by atoms with Gasteiger partial charge in [0.25, 0.3) is 0 Å². The highest BCUT2D eigenvalue weighted by molar-refractivity contribution is 7.19. The second-order valence-corrected chi connectivity index (χ2v) is 13.1. The van der Waals surface area contributed by atoms with Gasteiger partial charge >= 0.3 is 0 Å². The van der Waals surface area contributed by atoms with Crippen LogP contribution in [0.25, 0.3) is 60.1 Å². The molecule has 0 radical (unpaired) electrons. The molecule has 4 nitrogen and oxygen atoms in total. The molecular weight excluding hydrogens is 569 g/mol. The number of allylic oxidation sites excluding steroid dienone is 1.